The first-order valence-corrected chi connectivity index (χ1v) is 6.68. The van der Waals surface area contributed by atoms with Crippen LogP contribution in [0.1, 0.15) is 66.2 Å². The van der Waals surface area contributed by atoms with E-state index in [2.05, 4.69) is 27.7 Å². The highest BCUT2D eigenvalue weighted by atomic mass is 14.5. The summed E-state index contributed by atoms with van der Waals surface area (Å²) >= 11 is 0. The van der Waals surface area contributed by atoms with Gasteiger partial charge in [-0.15, -0.1) is 0 Å². The van der Waals surface area contributed by atoms with Crippen LogP contribution in [-0.4, -0.2) is 0 Å². The first kappa shape index (κ1) is 11.2. The number of rotatable bonds is 0. The summed E-state index contributed by atoms with van der Waals surface area (Å²) in [5, 5.41) is 0. The summed E-state index contributed by atoms with van der Waals surface area (Å²) < 4.78 is 0. The van der Waals surface area contributed by atoms with Crippen molar-refractivity contribution in [1.82, 2.24) is 0 Å². The quantitative estimate of drug-likeness (QED) is 0.492. The Morgan fingerprint density at radius 2 is 2.00 bits per heavy atom. The van der Waals surface area contributed by atoms with Crippen LogP contribution in [0.3, 0.4) is 0 Å². The molecule has 2 rings (SSSR count). The third-order valence-corrected chi connectivity index (χ3v) is 5.16. The van der Waals surface area contributed by atoms with Gasteiger partial charge in [0.1, 0.15) is 0 Å². The molecule has 0 nitrogen and oxygen atoms in total. The second-order valence-electron chi connectivity index (χ2n) is 6.44. The van der Waals surface area contributed by atoms with Crippen LogP contribution in [0.4, 0.5) is 0 Å². The molecule has 0 aromatic carbocycles. The predicted octanol–water partition coefficient (Wildman–Crippen LogP) is 4.95. The van der Waals surface area contributed by atoms with Crippen molar-refractivity contribution in [2.75, 3.05) is 0 Å². The van der Waals surface area contributed by atoms with Gasteiger partial charge in [-0.05, 0) is 56.8 Å². The molecule has 0 aromatic heterocycles. The molecule has 0 radical (unpaired) electrons. The SMILES string of the molecule is CC(C)=C1CC[C@@]2(C)CCCC(C)[C@@H]2C1. The molecule has 1 unspecified atom stereocenters. The molecular weight excluding hydrogens is 180 g/mol. The van der Waals surface area contributed by atoms with E-state index in [-0.39, 0.29) is 0 Å². The van der Waals surface area contributed by atoms with Crippen LogP contribution in [0.2, 0.25) is 0 Å². The van der Waals surface area contributed by atoms with Gasteiger partial charge in [-0.25, -0.2) is 0 Å². The molecule has 86 valence electrons. The standard InChI is InChI=1S/C15H26/c1-11(2)13-7-9-15(4)8-5-6-12(3)14(15)10-13/h12,14H,5-10H2,1-4H3/t12?,14-,15+/m0/s1. The summed E-state index contributed by atoms with van der Waals surface area (Å²) in [6, 6.07) is 0. The van der Waals surface area contributed by atoms with Gasteiger partial charge in [0.15, 0.2) is 0 Å². The Kier molecular flexibility index (Phi) is 2.96. The summed E-state index contributed by atoms with van der Waals surface area (Å²) in [6.45, 7) is 9.63. The predicted molar refractivity (Wildman–Crippen MR) is 66.8 cm³/mol. The molecule has 15 heavy (non-hydrogen) atoms. The molecule has 2 fully saturated rings. The Balaban J connectivity index is 2.20. The van der Waals surface area contributed by atoms with Crippen molar-refractivity contribution in [3.8, 4) is 0 Å². The number of fused-ring (bicyclic) bond motifs is 1. The van der Waals surface area contributed by atoms with Gasteiger partial charge in [-0.1, -0.05) is 37.8 Å². The molecule has 0 amide bonds. The normalized spacial score (nSPS) is 41.2. The minimum absolute atomic E-state index is 0.677. The zero-order valence-corrected chi connectivity index (χ0v) is 10.9. The Labute approximate surface area is 95.1 Å². The molecule has 0 spiro atoms. The largest absolute Gasteiger partial charge is 0.0772 e. The second kappa shape index (κ2) is 3.96. The van der Waals surface area contributed by atoms with E-state index in [9.17, 15) is 0 Å². The number of hydrogen-bond acceptors (Lipinski definition) is 0. The smallest absolute Gasteiger partial charge is 0.0282 e. The highest BCUT2D eigenvalue weighted by molar-refractivity contribution is 5.16. The molecule has 2 saturated carbocycles. The minimum atomic E-state index is 0.677. The monoisotopic (exact) mass is 206 g/mol. The van der Waals surface area contributed by atoms with Crippen molar-refractivity contribution in [3.63, 3.8) is 0 Å². The first-order chi connectivity index (χ1) is 7.03. The lowest BCUT2D eigenvalue weighted by Crippen LogP contribution is -2.39. The molecule has 0 aliphatic heterocycles. The summed E-state index contributed by atoms with van der Waals surface area (Å²) in [5.41, 5.74) is 4.04. The van der Waals surface area contributed by atoms with Gasteiger partial charge in [-0.3, -0.25) is 0 Å². The fourth-order valence-electron chi connectivity index (χ4n) is 3.92. The molecular formula is C15H26. The maximum absolute atomic E-state index is 2.55. The van der Waals surface area contributed by atoms with Crippen molar-refractivity contribution < 1.29 is 0 Å². The molecule has 0 bridgehead atoms. The second-order valence-corrected chi connectivity index (χ2v) is 6.44. The van der Waals surface area contributed by atoms with Crippen LogP contribution in [0.15, 0.2) is 11.1 Å². The van der Waals surface area contributed by atoms with E-state index in [0.29, 0.717) is 5.41 Å². The lowest BCUT2D eigenvalue weighted by Gasteiger charge is -2.49. The summed E-state index contributed by atoms with van der Waals surface area (Å²) in [5.74, 6) is 1.93. The van der Waals surface area contributed by atoms with Crippen molar-refractivity contribution in [2.45, 2.75) is 66.2 Å². The fourth-order valence-corrected chi connectivity index (χ4v) is 3.92. The first-order valence-electron chi connectivity index (χ1n) is 6.68. The molecule has 0 N–H and O–H groups in total. The average Bonchev–Trinajstić information content (AvgIpc) is 2.17. The van der Waals surface area contributed by atoms with Gasteiger partial charge >= 0.3 is 0 Å². The molecule has 2 aliphatic rings. The van der Waals surface area contributed by atoms with Crippen LogP contribution in [0.25, 0.3) is 0 Å². The van der Waals surface area contributed by atoms with Crippen LogP contribution < -0.4 is 0 Å². The average molecular weight is 206 g/mol. The minimum Gasteiger partial charge on any atom is -0.0772 e. The van der Waals surface area contributed by atoms with Gasteiger partial charge in [0.05, 0.1) is 0 Å². The molecule has 3 atom stereocenters. The maximum atomic E-state index is 2.55. The number of allylic oxidation sites excluding steroid dienone is 2. The topological polar surface area (TPSA) is 0 Å². The molecule has 2 aliphatic carbocycles. The molecule has 0 saturated heterocycles. The van der Waals surface area contributed by atoms with Gasteiger partial charge < -0.3 is 0 Å². The third kappa shape index (κ3) is 2.00. The zero-order valence-electron chi connectivity index (χ0n) is 10.9. The molecule has 0 heterocycles. The van der Waals surface area contributed by atoms with Crippen molar-refractivity contribution in [2.24, 2.45) is 17.3 Å². The van der Waals surface area contributed by atoms with Gasteiger partial charge in [0.25, 0.3) is 0 Å². The van der Waals surface area contributed by atoms with Crippen LogP contribution >= 0.6 is 0 Å². The van der Waals surface area contributed by atoms with E-state index in [0.717, 1.165) is 11.8 Å². The van der Waals surface area contributed by atoms with Crippen LogP contribution in [0, 0.1) is 17.3 Å². The van der Waals surface area contributed by atoms with Gasteiger partial charge in [0.2, 0.25) is 0 Å². The van der Waals surface area contributed by atoms with Gasteiger partial charge in [0, 0.05) is 0 Å². The van der Waals surface area contributed by atoms with Crippen LogP contribution in [-0.2, 0) is 0 Å². The third-order valence-electron chi connectivity index (χ3n) is 5.16. The zero-order chi connectivity index (χ0) is 11.1. The Hall–Kier alpha value is -0.260. The molecule has 0 aromatic rings. The summed E-state index contributed by atoms with van der Waals surface area (Å²) in [7, 11) is 0. The fraction of sp³-hybridized carbons (Fsp3) is 0.867. The van der Waals surface area contributed by atoms with Gasteiger partial charge in [-0.2, -0.15) is 0 Å². The van der Waals surface area contributed by atoms with Crippen molar-refractivity contribution in [3.05, 3.63) is 11.1 Å². The Morgan fingerprint density at radius 3 is 2.67 bits per heavy atom. The van der Waals surface area contributed by atoms with E-state index < -0.39 is 0 Å². The Morgan fingerprint density at radius 1 is 1.27 bits per heavy atom. The van der Waals surface area contributed by atoms with Crippen molar-refractivity contribution in [1.29, 1.82) is 0 Å². The van der Waals surface area contributed by atoms with Crippen molar-refractivity contribution >= 4 is 0 Å². The Bertz CT molecular complexity index is 270. The van der Waals surface area contributed by atoms with E-state index in [4.69, 9.17) is 0 Å². The lowest BCUT2D eigenvalue weighted by atomic mass is 9.56. The van der Waals surface area contributed by atoms with E-state index in [1.807, 2.05) is 0 Å². The van der Waals surface area contributed by atoms with Crippen LogP contribution in [0.5, 0.6) is 0 Å². The number of hydrogen-bond donors (Lipinski definition) is 0. The lowest BCUT2D eigenvalue weighted by molar-refractivity contribution is 0.0407. The highest BCUT2D eigenvalue weighted by Gasteiger charge is 2.42. The summed E-state index contributed by atoms with van der Waals surface area (Å²) in [6.07, 6.45) is 8.65. The van der Waals surface area contributed by atoms with E-state index in [1.165, 1.54) is 38.5 Å². The van der Waals surface area contributed by atoms with E-state index in [1.54, 1.807) is 11.1 Å². The molecule has 0 heteroatoms. The van der Waals surface area contributed by atoms with E-state index >= 15 is 0 Å². The maximum Gasteiger partial charge on any atom is -0.0282 e. The highest BCUT2D eigenvalue weighted by Crippen LogP contribution is 2.53. The summed E-state index contributed by atoms with van der Waals surface area (Å²) in [4.78, 5) is 0.